The summed E-state index contributed by atoms with van der Waals surface area (Å²) in [4.78, 5) is 37.6. The highest BCUT2D eigenvalue weighted by atomic mass is 32.1. The van der Waals surface area contributed by atoms with Gasteiger partial charge in [-0.2, -0.15) is 8.75 Å². The molecule has 0 aliphatic carbocycles. The molecule has 0 fully saturated rings. The van der Waals surface area contributed by atoms with Gasteiger partial charge in [0.15, 0.2) is 0 Å². The van der Waals surface area contributed by atoms with Crippen molar-refractivity contribution in [2.45, 2.75) is 13.8 Å². The lowest BCUT2D eigenvalue weighted by molar-refractivity contribution is -0.120. The van der Waals surface area contributed by atoms with Gasteiger partial charge in [-0.1, -0.05) is 13.0 Å². The maximum Gasteiger partial charge on any atom is 0.238 e. The second-order valence-electron chi connectivity index (χ2n) is 6.60. The maximum atomic E-state index is 12.4. The molecule has 0 saturated carbocycles. The third-order valence-corrected chi connectivity index (χ3v) is 4.77. The van der Waals surface area contributed by atoms with Crippen LogP contribution in [0.3, 0.4) is 0 Å². The summed E-state index contributed by atoms with van der Waals surface area (Å²) in [5.41, 5.74) is 3.24. The summed E-state index contributed by atoms with van der Waals surface area (Å²) in [6.07, 6.45) is 0. The highest BCUT2D eigenvalue weighted by Crippen LogP contribution is 2.21. The third-order valence-electron chi connectivity index (χ3n) is 4.23. The minimum absolute atomic E-state index is 0.0688. The highest BCUT2D eigenvalue weighted by molar-refractivity contribution is 7.00. The molecule has 3 rings (SSSR count). The van der Waals surface area contributed by atoms with Gasteiger partial charge in [-0.25, -0.2) is 0 Å². The average Bonchev–Trinajstić information content (AvgIpc) is 3.18. The van der Waals surface area contributed by atoms with E-state index >= 15 is 0 Å². The molecule has 1 aromatic heterocycles. The van der Waals surface area contributed by atoms with E-state index in [0.29, 0.717) is 29.1 Å². The third kappa shape index (κ3) is 5.82. The lowest BCUT2D eigenvalue weighted by Gasteiger charge is -2.19. The van der Waals surface area contributed by atoms with Gasteiger partial charge < -0.3 is 16.0 Å². The van der Waals surface area contributed by atoms with Crippen LogP contribution in [0.2, 0.25) is 0 Å². The zero-order valence-corrected chi connectivity index (χ0v) is 17.5. The molecule has 0 unspecified atom stereocenters. The summed E-state index contributed by atoms with van der Waals surface area (Å²) in [6, 6.07) is 12.2. The minimum Gasteiger partial charge on any atom is -0.326 e. The van der Waals surface area contributed by atoms with Crippen molar-refractivity contribution in [2.24, 2.45) is 0 Å². The second kappa shape index (κ2) is 9.90. The number of carbonyl (C=O) groups is 3. The van der Waals surface area contributed by atoms with Crippen LogP contribution in [0.1, 0.15) is 13.8 Å². The summed E-state index contributed by atoms with van der Waals surface area (Å²) < 4.78 is 8.36. The van der Waals surface area contributed by atoms with Gasteiger partial charge in [0.05, 0.1) is 30.5 Å². The fourth-order valence-electron chi connectivity index (χ4n) is 2.82. The highest BCUT2D eigenvalue weighted by Gasteiger charge is 2.15. The molecule has 3 amide bonds. The quantitative estimate of drug-likeness (QED) is 0.510. The van der Waals surface area contributed by atoms with Crippen LogP contribution in [-0.2, 0) is 14.4 Å². The Morgan fingerprint density at radius 2 is 1.53 bits per heavy atom. The molecule has 0 saturated heterocycles. The van der Waals surface area contributed by atoms with Gasteiger partial charge in [0, 0.05) is 18.3 Å². The van der Waals surface area contributed by atoms with Gasteiger partial charge in [0.1, 0.15) is 11.0 Å². The average molecular weight is 427 g/mol. The van der Waals surface area contributed by atoms with E-state index in [0.717, 1.165) is 17.2 Å². The van der Waals surface area contributed by atoms with Crippen molar-refractivity contribution in [3.05, 3.63) is 42.5 Å². The van der Waals surface area contributed by atoms with Crippen molar-refractivity contribution in [1.82, 2.24) is 13.6 Å². The lowest BCUT2D eigenvalue weighted by Crippen LogP contribution is -2.38. The largest absolute Gasteiger partial charge is 0.326 e. The van der Waals surface area contributed by atoms with E-state index in [1.807, 2.05) is 19.1 Å². The van der Waals surface area contributed by atoms with E-state index in [1.54, 1.807) is 35.2 Å². The van der Waals surface area contributed by atoms with Crippen molar-refractivity contribution in [1.29, 1.82) is 0 Å². The van der Waals surface area contributed by atoms with E-state index in [1.165, 1.54) is 6.92 Å². The fraction of sp³-hybridized carbons (Fsp3) is 0.250. The molecule has 30 heavy (non-hydrogen) atoms. The smallest absolute Gasteiger partial charge is 0.238 e. The van der Waals surface area contributed by atoms with Gasteiger partial charge in [-0.05, 0) is 42.9 Å². The number of amides is 3. The summed E-state index contributed by atoms with van der Waals surface area (Å²) in [5.74, 6) is -0.626. The van der Waals surface area contributed by atoms with E-state index in [9.17, 15) is 14.4 Å². The molecular formula is C20H22N6O3S. The first-order valence-electron chi connectivity index (χ1n) is 9.35. The van der Waals surface area contributed by atoms with Crippen molar-refractivity contribution in [2.75, 3.05) is 35.6 Å². The monoisotopic (exact) mass is 426 g/mol. The van der Waals surface area contributed by atoms with Crippen molar-refractivity contribution < 1.29 is 14.4 Å². The number of fused-ring (bicyclic) bond motifs is 1. The van der Waals surface area contributed by atoms with Crippen LogP contribution in [0.5, 0.6) is 0 Å². The van der Waals surface area contributed by atoms with Crippen LogP contribution >= 0.6 is 11.7 Å². The first-order chi connectivity index (χ1) is 14.4. The van der Waals surface area contributed by atoms with Gasteiger partial charge >= 0.3 is 0 Å². The maximum absolute atomic E-state index is 12.4. The van der Waals surface area contributed by atoms with Crippen LogP contribution in [-0.4, -0.2) is 51.0 Å². The SMILES string of the molecule is CCN(CC(=O)Nc1ccc(NC(C)=O)cc1)CC(=O)Nc1cccc2nsnc12. The molecule has 0 bridgehead atoms. The summed E-state index contributed by atoms with van der Waals surface area (Å²) in [5, 5.41) is 8.29. The van der Waals surface area contributed by atoms with E-state index in [2.05, 4.69) is 24.7 Å². The Morgan fingerprint density at radius 1 is 0.900 bits per heavy atom. The van der Waals surface area contributed by atoms with E-state index in [4.69, 9.17) is 0 Å². The van der Waals surface area contributed by atoms with Gasteiger partial charge in [0.2, 0.25) is 17.7 Å². The standard InChI is InChI=1S/C20H22N6O3S/c1-3-26(11-18(28)22-15-9-7-14(8-10-15)21-13(2)27)12-19(29)23-16-5-4-6-17-20(16)25-30-24-17/h4-10H,3,11-12H2,1-2H3,(H,21,27)(H,22,28)(H,23,29). The van der Waals surface area contributed by atoms with E-state index < -0.39 is 0 Å². The molecule has 3 N–H and O–H groups in total. The second-order valence-corrected chi connectivity index (χ2v) is 7.12. The number of rotatable bonds is 8. The van der Waals surface area contributed by atoms with Gasteiger partial charge in [-0.15, -0.1) is 0 Å². The number of nitrogens with zero attached hydrogens (tertiary/aromatic N) is 3. The Labute approximate surface area is 177 Å². The zero-order chi connectivity index (χ0) is 21.5. The zero-order valence-electron chi connectivity index (χ0n) is 16.6. The molecule has 1 heterocycles. The van der Waals surface area contributed by atoms with E-state index in [-0.39, 0.29) is 30.8 Å². The molecule has 0 spiro atoms. The number of hydrogen-bond acceptors (Lipinski definition) is 7. The Kier molecular flexibility index (Phi) is 7.04. The van der Waals surface area contributed by atoms with Crippen molar-refractivity contribution >= 4 is 57.5 Å². The molecule has 156 valence electrons. The first kappa shape index (κ1) is 21.3. The molecule has 3 aromatic rings. The number of anilines is 3. The molecule has 0 atom stereocenters. The first-order valence-corrected chi connectivity index (χ1v) is 10.1. The Hall–Kier alpha value is -3.37. The summed E-state index contributed by atoms with van der Waals surface area (Å²) >= 11 is 1.09. The van der Waals surface area contributed by atoms with Crippen LogP contribution in [0, 0.1) is 0 Å². The number of hydrogen-bond donors (Lipinski definition) is 3. The summed E-state index contributed by atoms with van der Waals surface area (Å²) in [6.45, 7) is 3.98. The summed E-state index contributed by atoms with van der Waals surface area (Å²) in [7, 11) is 0. The molecule has 0 aliphatic rings. The van der Waals surface area contributed by atoms with Crippen LogP contribution < -0.4 is 16.0 Å². The van der Waals surface area contributed by atoms with Crippen LogP contribution in [0.4, 0.5) is 17.1 Å². The van der Waals surface area contributed by atoms with Gasteiger partial charge in [0.25, 0.3) is 0 Å². The van der Waals surface area contributed by atoms with Crippen LogP contribution in [0.25, 0.3) is 11.0 Å². The predicted molar refractivity (Wildman–Crippen MR) is 118 cm³/mol. The Balaban J connectivity index is 1.53. The molecular weight excluding hydrogens is 404 g/mol. The number of benzene rings is 2. The minimum atomic E-state index is -0.234. The Bertz CT molecular complexity index is 1050. The predicted octanol–water partition coefficient (Wildman–Crippen LogP) is 2.55. The van der Waals surface area contributed by atoms with Crippen molar-refractivity contribution in [3.8, 4) is 0 Å². The lowest BCUT2D eigenvalue weighted by atomic mass is 10.2. The molecule has 0 radical (unpaired) electrons. The normalized spacial score (nSPS) is 10.8. The molecule has 10 heteroatoms. The number of likely N-dealkylation sites (N-methyl/N-ethyl adjacent to an activating group) is 1. The number of carbonyl (C=O) groups excluding carboxylic acids is 3. The van der Waals surface area contributed by atoms with Crippen LogP contribution in [0.15, 0.2) is 42.5 Å². The molecule has 2 aromatic carbocycles. The topological polar surface area (TPSA) is 116 Å². The Morgan fingerprint density at radius 3 is 2.17 bits per heavy atom. The van der Waals surface area contributed by atoms with Gasteiger partial charge in [-0.3, -0.25) is 19.3 Å². The fourth-order valence-corrected chi connectivity index (χ4v) is 3.37. The molecule has 9 nitrogen and oxygen atoms in total. The number of aromatic nitrogens is 2. The number of nitrogens with one attached hydrogen (secondary N) is 3. The molecule has 0 aliphatic heterocycles. The van der Waals surface area contributed by atoms with Crippen molar-refractivity contribution in [3.63, 3.8) is 0 Å².